The molecule has 0 radical (unpaired) electrons. The van der Waals surface area contributed by atoms with E-state index in [1.807, 2.05) is 0 Å². The Morgan fingerprint density at radius 1 is 1.33 bits per heavy atom. The van der Waals surface area contributed by atoms with E-state index in [-0.39, 0.29) is 0 Å². The number of hydrogen-bond donors (Lipinski definition) is 0. The Bertz CT molecular complexity index is 112. The van der Waals surface area contributed by atoms with Gasteiger partial charge in [0.05, 0.1) is 11.9 Å². The van der Waals surface area contributed by atoms with Gasteiger partial charge in [0.15, 0.2) is 0 Å². The molecule has 0 bridgehead atoms. The van der Waals surface area contributed by atoms with Gasteiger partial charge in [-0.1, -0.05) is 23.2 Å². The van der Waals surface area contributed by atoms with Gasteiger partial charge < -0.3 is 4.29 Å². The highest BCUT2D eigenvalue weighted by molar-refractivity contribution is 6.57. The van der Waals surface area contributed by atoms with Crippen molar-refractivity contribution in [2.45, 2.75) is 4.52 Å². The molecule has 0 amide bonds. The van der Waals surface area contributed by atoms with Crippen molar-refractivity contribution in [3.63, 3.8) is 0 Å². The fraction of sp³-hybridized carbons (Fsp3) is 0.500. The van der Waals surface area contributed by atoms with Crippen LogP contribution in [0.2, 0.25) is 0 Å². The monoisotopic (exact) mass is 212 g/mol. The molecule has 0 aromatic rings. The third kappa shape index (κ3) is 2.78. The van der Waals surface area contributed by atoms with Gasteiger partial charge in [-0.3, -0.25) is 0 Å². The Morgan fingerprint density at radius 2 is 1.78 bits per heavy atom. The molecule has 0 rings (SSSR count). The first-order chi connectivity index (χ1) is 4.04. The maximum Gasteiger partial charge on any atom is 0.390 e. The standard InChI is InChI=1S/C2Cl4O3/c3-2(4,9-6)1(7)8-5. The Kier molecular flexibility index (Phi) is 3.93. The summed E-state index contributed by atoms with van der Waals surface area (Å²) in [6.07, 6.45) is 0. The second kappa shape index (κ2) is 3.68. The predicted molar refractivity (Wildman–Crippen MR) is 33.3 cm³/mol. The van der Waals surface area contributed by atoms with Crippen molar-refractivity contribution in [2.24, 2.45) is 0 Å². The number of rotatable bonds is 2. The van der Waals surface area contributed by atoms with E-state index in [1.54, 1.807) is 0 Å². The summed E-state index contributed by atoms with van der Waals surface area (Å²) in [5.74, 6) is -1.19. The van der Waals surface area contributed by atoms with E-state index in [0.29, 0.717) is 0 Å². The largest absolute Gasteiger partial charge is 0.390 e. The smallest absolute Gasteiger partial charge is 0.343 e. The molecule has 0 atom stereocenters. The number of hydrogen-bond acceptors (Lipinski definition) is 3. The van der Waals surface area contributed by atoms with E-state index in [4.69, 9.17) is 23.2 Å². The average Bonchev–Trinajstić information content (AvgIpc) is 1.86. The lowest BCUT2D eigenvalue weighted by Gasteiger charge is -2.08. The molecule has 0 fully saturated rings. The van der Waals surface area contributed by atoms with Gasteiger partial charge in [0, 0.05) is 0 Å². The first kappa shape index (κ1) is 9.59. The zero-order chi connectivity index (χ0) is 7.49. The summed E-state index contributed by atoms with van der Waals surface area (Å²) < 4.78 is 5.07. The molecular formula is C2Cl4O3. The molecule has 0 aliphatic rings. The molecule has 0 aromatic carbocycles. The molecule has 0 spiro atoms. The van der Waals surface area contributed by atoms with Crippen molar-refractivity contribution in [3.05, 3.63) is 0 Å². The first-order valence-electron chi connectivity index (χ1n) is 1.55. The van der Waals surface area contributed by atoms with Crippen LogP contribution < -0.4 is 0 Å². The minimum absolute atomic E-state index is 1.19. The summed E-state index contributed by atoms with van der Waals surface area (Å²) in [6.45, 7) is 0. The lowest BCUT2D eigenvalue weighted by Crippen LogP contribution is -2.26. The minimum atomic E-state index is -2.23. The average molecular weight is 214 g/mol. The van der Waals surface area contributed by atoms with Crippen LogP contribution in [0, 0.1) is 0 Å². The SMILES string of the molecule is O=C(OCl)C(Cl)(Cl)OCl. The van der Waals surface area contributed by atoms with E-state index in [9.17, 15) is 4.79 Å². The zero-order valence-corrected chi connectivity index (χ0v) is 6.76. The van der Waals surface area contributed by atoms with Crippen LogP contribution in [0.15, 0.2) is 0 Å². The Balaban J connectivity index is 3.97. The van der Waals surface area contributed by atoms with Gasteiger partial charge in [0.1, 0.15) is 11.9 Å². The highest BCUT2D eigenvalue weighted by Gasteiger charge is 2.37. The second-order valence-corrected chi connectivity index (χ2v) is 2.53. The Morgan fingerprint density at radius 3 is 1.89 bits per heavy atom. The molecule has 3 nitrogen and oxygen atoms in total. The van der Waals surface area contributed by atoms with Crippen molar-refractivity contribution >= 4 is 52.9 Å². The highest BCUT2D eigenvalue weighted by Crippen LogP contribution is 2.26. The molecule has 54 valence electrons. The van der Waals surface area contributed by atoms with Crippen LogP contribution in [0.1, 0.15) is 0 Å². The van der Waals surface area contributed by atoms with Gasteiger partial charge in [-0.25, -0.2) is 9.08 Å². The van der Waals surface area contributed by atoms with Crippen LogP contribution in [0.5, 0.6) is 0 Å². The maximum atomic E-state index is 10.2. The second-order valence-electron chi connectivity index (χ2n) is 0.959. The molecule has 0 unspecified atom stereocenters. The fourth-order valence-electron chi connectivity index (χ4n) is 0.0764. The summed E-state index contributed by atoms with van der Waals surface area (Å²) in [6, 6.07) is 0. The van der Waals surface area contributed by atoms with Gasteiger partial charge in [0.2, 0.25) is 0 Å². The van der Waals surface area contributed by atoms with Crippen LogP contribution in [0.25, 0.3) is 0 Å². The lowest BCUT2D eigenvalue weighted by atomic mass is 10.7. The number of carbonyl (C=O) groups excluding carboxylic acids is 1. The quantitative estimate of drug-likeness (QED) is 0.659. The topological polar surface area (TPSA) is 35.5 Å². The van der Waals surface area contributed by atoms with E-state index in [2.05, 4.69) is 32.3 Å². The molecule has 0 aromatic heterocycles. The van der Waals surface area contributed by atoms with Crippen LogP contribution in [-0.4, -0.2) is 10.5 Å². The molecule has 0 saturated heterocycles. The summed E-state index contributed by atoms with van der Waals surface area (Å²) >= 11 is 19.2. The van der Waals surface area contributed by atoms with Crippen molar-refractivity contribution in [1.82, 2.24) is 0 Å². The first-order valence-corrected chi connectivity index (χ1v) is 2.92. The van der Waals surface area contributed by atoms with Gasteiger partial charge in [-0.15, -0.1) is 0 Å². The van der Waals surface area contributed by atoms with Crippen molar-refractivity contribution < 1.29 is 13.4 Å². The molecule has 0 aliphatic carbocycles. The minimum Gasteiger partial charge on any atom is -0.343 e. The normalized spacial score (nSPS) is 11.1. The van der Waals surface area contributed by atoms with Crippen LogP contribution in [-0.2, 0) is 13.4 Å². The highest BCUT2D eigenvalue weighted by atomic mass is 35.5. The maximum absolute atomic E-state index is 10.2. The number of alkyl halides is 2. The molecular weight excluding hydrogens is 214 g/mol. The molecule has 9 heavy (non-hydrogen) atoms. The number of halogens is 4. The molecule has 0 saturated carbocycles. The van der Waals surface area contributed by atoms with Crippen LogP contribution in [0.3, 0.4) is 0 Å². The van der Waals surface area contributed by atoms with Gasteiger partial charge in [-0.05, 0) is 0 Å². The summed E-state index contributed by atoms with van der Waals surface area (Å²) in [7, 11) is 0. The Hall–Kier alpha value is 0.590. The fourth-order valence-corrected chi connectivity index (χ4v) is 0.404. The third-order valence-electron chi connectivity index (χ3n) is 0.405. The zero-order valence-electron chi connectivity index (χ0n) is 3.74. The third-order valence-corrected chi connectivity index (χ3v) is 1.40. The summed E-state index contributed by atoms with van der Waals surface area (Å²) in [5.41, 5.74) is 0. The van der Waals surface area contributed by atoms with E-state index < -0.39 is 10.5 Å². The van der Waals surface area contributed by atoms with Crippen molar-refractivity contribution in [2.75, 3.05) is 0 Å². The van der Waals surface area contributed by atoms with E-state index in [0.717, 1.165) is 0 Å². The van der Waals surface area contributed by atoms with Gasteiger partial charge in [-0.2, -0.15) is 0 Å². The van der Waals surface area contributed by atoms with Gasteiger partial charge in [0.25, 0.3) is 0 Å². The van der Waals surface area contributed by atoms with Crippen molar-refractivity contribution in [3.8, 4) is 0 Å². The van der Waals surface area contributed by atoms with Crippen molar-refractivity contribution in [1.29, 1.82) is 0 Å². The summed E-state index contributed by atoms with van der Waals surface area (Å²) in [4.78, 5) is 10.2. The van der Waals surface area contributed by atoms with Crippen LogP contribution in [0.4, 0.5) is 0 Å². The molecule has 0 N–H and O–H groups in total. The van der Waals surface area contributed by atoms with Crippen LogP contribution >= 0.6 is 46.9 Å². The molecule has 7 heteroatoms. The predicted octanol–water partition coefficient (Wildman–Crippen LogP) is 1.99. The lowest BCUT2D eigenvalue weighted by molar-refractivity contribution is -0.140. The molecule has 0 heterocycles. The Labute approximate surface area is 71.1 Å². The molecule has 0 aliphatic heterocycles. The summed E-state index contributed by atoms with van der Waals surface area (Å²) in [5, 5.41) is 0. The van der Waals surface area contributed by atoms with Gasteiger partial charge >= 0.3 is 10.5 Å². The number of carbonyl (C=O) groups is 1. The van der Waals surface area contributed by atoms with E-state index >= 15 is 0 Å². The van der Waals surface area contributed by atoms with E-state index in [1.165, 1.54) is 0 Å².